The minimum Gasteiger partial charge on any atom is -0.505 e. The molecule has 0 aliphatic rings. The number of hydrogen-bond donors (Lipinski definition) is 3. The van der Waals surface area contributed by atoms with E-state index in [4.69, 9.17) is 5.11 Å². The van der Waals surface area contributed by atoms with Gasteiger partial charge in [-0.3, -0.25) is 14.4 Å². The Labute approximate surface area is 152 Å². The van der Waals surface area contributed by atoms with Gasteiger partial charge >= 0.3 is 5.97 Å². The molecule has 1 amide bonds. The highest BCUT2D eigenvalue weighted by atomic mass is 19.1. The maximum absolute atomic E-state index is 13.9. The molecular weight excluding hydrogens is 364 g/mol. The summed E-state index contributed by atoms with van der Waals surface area (Å²) in [5, 5.41) is 24.9. The van der Waals surface area contributed by atoms with Crippen LogP contribution in [0.5, 0.6) is 5.75 Å². The molecule has 0 saturated heterocycles. The Hall–Kier alpha value is -3.30. The lowest BCUT2D eigenvalue weighted by Gasteiger charge is -2.15. The van der Waals surface area contributed by atoms with Gasteiger partial charge in [-0.15, -0.1) is 0 Å². The summed E-state index contributed by atoms with van der Waals surface area (Å²) in [4.78, 5) is 35.4. The molecule has 0 aliphatic heterocycles. The molecule has 0 saturated carbocycles. The summed E-state index contributed by atoms with van der Waals surface area (Å²) in [5.74, 6) is -5.21. The third-order valence-electron chi connectivity index (χ3n) is 3.67. The summed E-state index contributed by atoms with van der Waals surface area (Å²) in [6, 6.07) is 2.78. The first kappa shape index (κ1) is 20.0. The lowest BCUT2D eigenvalue weighted by Crippen LogP contribution is -2.37. The van der Waals surface area contributed by atoms with Crippen LogP contribution in [0.3, 0.4) is 0 Å². The van der Waals surface area contributed by atoms with Crippen molar-refractivity contribution in [2.45, 2.75) is 26.3 Å². The van der Waals surface area contributed by atoms with E-state index in [2.05, 4.69) is 5.10 Å². The zero-order valence-corrected chi connectivity index (χ0v) is 14.5. The number of benzene rings is 1. The number of halogens is 2. The van der Waals surface area contributed by atoms with Crippen LogP contribution in [0.15, 0.2) is 23.0 Å². The molecule has 1 heterocycles. The van der Waals surface area contributed by atoms with Crippen LogP contribution in [0.2, 0.25) is 0 Å². The molecule has 0 bridgehead atoms. The molecule has 27 heavy (non-hydrogen) atoms. The predicted octanol–water partition coefficient (Wildman–Crippen LogP) is 1.21. The number of carboxylic acid groups (broad SMARTS) is 1. The van der Waals surface area contributed by atoms with Crippen LogP contribution < -0.4 is 10.9 Å². The van der Waals surface area contributed by atoms with Gasteiger partial charge in [-0.05, 0) is 6.07 Å². The van der Waals surface area contributed by atoms with E-state index < -0.39 is 59.4 Å². The first-order chi connectivity index (χ1) is 12.6. The molecule has 1 aromatic heterocycles. The van der Waals surface area contributed by atoms with Crippen molar-refractivity contribution in [1.29, 1.82) is 0 Å². The largest absolute Gasteiger partial charge is 0.505 e. The highest BCUT2D eigenvalue weighted by Crippen LogP contribution is 2.25. The van der Waals surface area contributed by atoms with Gasteiger partial charge in [0.1, 0.15) is 29.4 Å². The van der Waals surface area contributed by atoms with Crippen LogP contribution in [-0.4, -0.2) is 38.4 Å². The number of aromatic nitrogens is 2. The molecule has 2 rings (SSSR count). The van der Waals surface area contributed by atoms with Crippen molar-refractivity contribution in [2.75, 3.05) is 6.54 Å². The van der Waals surface area contributed by atoms with Crippen molar-refractivity contribution >= 4 is 11.9 Å². The normalized spacial score (nSPS) is 10.9. The van der Waals surface area contributed by atoms with E-state index in [0.29, 0.717) is 6.07 Å². The molecule has 3 N–H and O–H groups in total. The van der Waals surface area contributed by atoms with Crippen molar-refractivity contribution in [3.05, 3.63) is 57.0 Å². The van der Waals surface area contributed by atoms with E-state index in [0.717, 1.165) is 16.8 Å². The fourth-order valence-corrected chi connectivity index (χ4v) is 2.34. The van der Waals surface area contributed by atoms with Crippen LogP contribution in [0.25, 0.3) is 0 Å². The first-order valence-corrected chi connectivity index (χ1v) is 7.89. The van der Waals surface area contributed by atoms with Crippen LogP contribution in [0.1, 0.15) is 41.4 Å². The Kier molecular flexibility index (Phi) is 5.88. The van der Waals surface area contributed by atoms with Crippen molar-refractivity contribution < 1.29 is 28.6 Å². The quantitative estimate of drug-likeness (QED) is 0.692. The summed E-state index contributed by atoms with van der Waals surface area (Å²) < 4.78 is 27.7. The molecule has 144 valence electrons. The second kappa shape index (κ2) is 7.94. The molecule has 0 aliphatic carbocycles. The van der Waals surface area contributed by atoms with Gasteiger partial charge in [0.25, 0.3) is 11.5 Å². The van der Waals surface area contributed by atoms with Crippen molar-refractivity contribution in [3.8, 4) is 5.75 Å². The third-order valence-corrected chi connectivity index (χ3v) is 3.67. The van der Waals surface area contributed by atoms with Gasteiger partial charge in [-0.25, -0.2) is 13.5 Å². The summed E-state index contributed by atoms with van der Waals surface area (Å²) >= 11 is 0. The number of aromatic hydroxyl groups is 1. The lowest BCUT2D eigenvalue weighted by atomic mass is 10.1. The number of carboxylic acids is 1. The van der Waals surface area contributed by atoms with E-state index in [1.54, 1.807) is 13.8 Å². The number of amides is 1. The highest BCUT2D eigenvalue weighted by molar-refractivity contribution is 5.98. The highest BCUT2D eigenvalue weighted by Gasteiger charge is 2.25. The van der Waals surface area contributed by atoms with E-state index in [1.165, 1.54) is 0 Å². The average molecular weight is 381 g/mol. The van der Waals surface area contributed by atoms with Gasteiger partial charge in [0.15, 0.2) is 5.75 Å². The van der Waals surface area contributed by atoms with E-state index >= 15 is 0 Å². The Balaban J connectivity index is 2.56. The van der Waals surface area contributed by atoms with Crippen LogP contribution in [-0.2, 0) is 11.3 Å². The molecule has 8 nitrogen and oxygen atoms in total. The fourth-order valence-electron chi connectivity index (χ4n) is 2.34. The zero-order valence-electron chi connectivity index (χ0n) is 14.5. The Bertz CT molecular complexity index is 956. The molecule has 0 spiro atoms. The topological polar surface area (TPSA) is 122 Å². The van der Waals surface area contributed by atoms with Crippen LogP contribution >= 0.6 is 0 Å². The number of rotatable bonds is 6. The molecule has 0 fully saturated rings. The monoisotopic (exact) mass is 381 g/mol. The second-order valence-corrected chi connectivity index (χ2v) is 6.04. The Morgan fingerprint density at radius 3 is 2.52 bits per heavy atom. The number of hydrogen-bond acceptors (Lipinski definition) is 5. The number of aliphatic carboxylic acids is 1. The third kappa shape index (κ3) is 4.46. The van der Waals surface area contributed by atoms with Gasteiger partial charge in [0.05, 0.1) is 6.54 Å². The van der Waals surface area contributed by atoms with Gasteiger partial charge in [-0.1, -0.05) is 19.9 Å². The smallest absolute Gasteiger partial charge is 0.322 e. The van der Waals surface area contributed by atoms with Gasteiger partial charge < -0.3 is 15.5 Å². The molecule has 2 aromatic rings. The van der Waals surface area contributed by atoms with E-state index in [-0.39, 0.29) is 11.3 Å². The molecule has 10 heteroatoms. The summed E-state index contributed by atoms with van der Waals surface area (Å²) in [5.41, 5.74) is -1.79. The van der Waals surface area contributed by atoms with Crippen molar-refractivity contribution in [1.82, 2.24) is 15.1 Å². The van der Waals surface area contributed by atoms with Crippen LogP contribution in [0, 0.1) is 11.6 Å². The Morgan fingerprint density at radius 1 is 1.30 bits per heavy atom. The van der Waals surface area contributed by atoms with Crippen LogP contribution in [0.4, 0.5) is 8.78 Å². The van der Waals surface area contributed by atoms with Gasteiger partial charge in [0.2, 0.25) is 0 Å². The second-order valence-electron chi connectivity index (χ2n) is 6.04. The van der Waals surface area contributed by atoms with Crippen molar-refractivity contribution in [3.63, 3.8) is 0 Å². The zero-order chi connectivity index (χ0) is 20.3. The SMILES string of the molecule is CC(C)c1nn(Cc2ccc(F)cc2F)c(=O)c(C(=O)NCC(=O)O)c1O. The van der Waals surface area contributed by atoms with Gasteiger partial charge in [0, 0.05) is 17.5 Å². The lowest BCUT2D eigenvalue weighted by molar-refractivity contribution is -0.135. The van der Waals surface area contributed by atoms with Crippen molar-refractivity contribution in [2.24, 2.45) is 0 Å². The molecule has 1 aromatic carbocycles. The first-order valence-electron chi connectivity index (χ1n) is 7.89. The molecule has 0 radical (unpaired) electrons. The van der Waals surface area contributed by atoms with E-state index in [9.17, 15) is 28.3 Å². The maximum atomic E-state index is 13.9. The predicted molar refractivity (Wildman–Crippen MR) is 89.7 cm³/mol. The number of nitrogens with one attached hydrogen (secondary N) is 1. The minimum absolute atomic E-state index is 0.00223. The summed E-state index contributed by atoms with van der Waals surface area (Å²) in [7, 11) is 0. The van der Waals surface area contributed by atoms with Gasteiger partial charge in [-0.2, -0.15) is 5.10 Å². The molecular formula is C17H17F2N3O5. The average Bonchev–Trinajstić information content (AvgIpc) is 2.57. The fraction of sp³-hybridized carbons (Fsp3) is 0.294. The molecule has 0 atom stereocenters. The molecule has 0 unspecified atom stereocenters. The Morgan fingerprint density at radius 2 is 1.96 bits per heavy atom. The number of nitrogens with zero attached hydrogens (tertiary/aromatic N) is 2. The number of carbonyl (C=O) groups excluding carboxylic acids is 1. The summed E-state index contributed by atoms with van der Waals surface area (Å²) in [6.45, 7) is 2.12. The minimum atomic E-state index is -1.34. The number of carbonyl (C=O) groups is 2. The van der Waals surface area contributed by atoms with E-state index in [1.807, 2.05) is 5.32 Å². The maximum Gasteiger partial charge on any atom is 0.322 e. The standard InChI is InChI=1S/C17H17F2N3O5/c1-8(2)14-15(25)13(16(26)20-6-12(23)24)17(27)22(21-14)7-9-3-4-10(18)5-11(9)19/h3-5,8,25H,6-7H2,1-2H3,(H,20,26)(H,23,24). The summed E-state index contributed by atoms with van der Waals surface area (Å²) in [6.07, 6.45) is 0.